The molecule has 0 aliphatic heterocycles. The van der Waals surface area contributed by atoms with Crippen LogP contribution < -0.4 is 14.8 Å². The number of benzene rings is 2. The van der Waals surface area contributed by atoms with Gasteiger partial charge in [0, 0.05) is 41.3 Å². The summed E-state index contributed by atoms with van der Waals surface area (Å²) in [5.74, 6) is 0.722. The predicted molar refractivity (Wildman–Crippen MR) is 157 cm³/mol. The lowest BCUT2D eigenvalue weighted by molar-refractivity contribution is 0.443. The molecule has 2 N–H and O–H groups in total. The van der Waals surface area contributed by atoms with E-state index in [4.69, 9.17) is 9.72 Å². The molecule has 0 saturated heterocycles. The maximum Gasteiger partial charge on any atom is 0.223 e. The fourth-order valence-electron chi connectivity index (χ4n) is 4.73. The van der Waals surface area contributed by atoms with Gasteiger partial charge in [-0.05, 0) is 66.1 Å². The lowest BCUT2D eigenvalue weighted by Crippen LogP contribution is -2.23. The van der Waals surface area contributed by atoms with Gasteiger partial charge in [-0.25, -0.2) is 14.4 Å². The molecule has 1 fully saturated rings. The summed E-state index contributed by atoms with van der Waals surface area (Å²) in [6, 6.07) is 17.1. The van der Waals surface area contributed by atoms with Crippen molar-refractivity contribution in [2.45, 2.75) is 69.2 Å². The quantitative estimate of drug-likeness (QED) is 0.216. The molecule has 2 aromatic carbocycles. The molecule has 6 nitrogen and oxygen atoms in total. The molecule has 4 aromatic rings. The first kappa shape index (κ1) is 26.9. The summed E-state index contributed by atoms with van der Waals surface area (Å²) >= 11 is 1.47. The Morgan fingerprint density at radius 3 is 2.56 bits per heavy atom. The van der Waals surface area contributed by atoms with Crippen LogP contribution in [0.25, 0.3) is 11.3 Å². The highest BCUT2D eigenvalue weighted by Crippen LogP contribution is 2.36. The fraction of sp³-hybridized carbons (Fsp3) is 0.323. The summed E-state index contributed by atoms with van der Waals surface area (Å²) in [6.45, 7) is 6.55. The smallest absolute Gasteiger partial charge is 0.223 e. The van der Waals surface area contributed by atoms with Crippen LogP contribution in [0, 0.1) is 5.82 Å². The van der Waals surface area contributed by atoms with Gasteiger partial charge in [-0.3, -0.25) is 4.98 Å². The highest BCUT2D eigenvalue weighted by Gasteiger charge is 2.19. The van der Waals surface area contributed by atoms with Gasteiger partial charge in [0.1, 0.15) is 5.75 Å². The van der Waals surface area contributed by atoms with E-state index in [1.54, 1.807) is 30.7 Å². The highest BCUT2D eigenvalue weighted by atomic mass is 32.2. The lowest BCUT2D eigenvalue weighted by atomic mass is 9.87. The first-order chi connectivity index (χ1) is 18.9. The van der Waals surface area contributed by atoms with E-state index in [9.17, 15) is 0 Å². The molecular formula is C31H34FN5OS. The van der Waals surface area contributed by atoms with Gasteiger partial charge in [-0.1, -0.05) is 58.2 Å². The second-order valence-electron chi connectivity index (χ2n) is 10.8. The third-order valence-electron chi connectivity index (χ3n) is 6.78. The fourth-order valence-corrected chi connectivity index (χ4v) is 5.71. The zero-order valence-corrected chi connectivity index (χ0v) is 23.4. The number of ether oxygens (including phenoxy) is 1. The first-order valence-electron chi connectivity index (χ1n) is 13.4. The average molecular weight is 544 g/mol. The standard InChI is InChI=1S/C31H34FN5OS/c1-31(2,3)24-11-7-8-12-29(24)39-37-22-13-14-28(25(32)19-22)38-27-16-17-33-20-23(27)26-15-18-34-30(36-26)35-21-9-5-4-6-10-21/h7-8,11-21,37H,4-6,9-10H2,1-3H3,(H,34,35,36). The lowest BCUT2D eigenvalue weighted by Gasteiger charge is -2.22. The Balaban J connectivity index is 1.30. The Morgan fingerprint density at radius 1 is 0.949 bits per heavy atom. The second kappa shape index (κ2) is 12.0. The van der Waals surface area contributed by atoms with Crippen LogP contribution in [0.15, 0.2) is 78.1 Å². The molecule has 1 aliphatic rings. The van der Waals surface area contributed by atoms with Crippen LogP contribution in [0.1, 0.15) is 58.4 Å². The monoisotopic (exact) mass is 543 g/mol. The SMILES string of the molecule is CC(C)(C)c1ccccc1SNc1ccc(Oc2ccncc2-c2ccnc(NC3CCCCC3)n2)c(F)c1. The third kappa shape index (κ3) is 6.87. The minimum atomic E-state index is -0.463. The first-order valence-corrected chi connectivity index (χ1v) is 14.2. The number of rotatable bonds is 8. The van der Waals surface area contributed by atoms with Gasteiger partial charge >= 0.3 is 0 Å². The molecule has 0 unspecified atom stereocenters. The van der Waals surface area contributed by atoms with Crippen LogP contribution in [-0.2, 0) is 5.41 Å². The van der Waals surface area contributed by atoms with Gasteiger partial charge in [0.25, 0.3) is 0 Å². The molecule has 2 aromatic heterocycles. The minimum absolute atomic E-state index is 0.00679. The molecule has 0 bridgehead atoms. The summed E-state index contributed by atoms with van der Waals surface area (Å²) in [6.07, 6.45) is 11.0. The third-order valence-corrected chi connectivity index (χ3v) is 7.69. The summed E-state index contributed by atoms with van der Waals surface area (Å²) in [4.78, 5) is 14.5. The number of aromatic nitrogens is 3. The van der Waals surface area contributed by atoms with E-state index in [1.807, 2.05) is 24.3 Å². The van der Waals surface area contributed by atoms with Gasteiger partial charge < -0.3 is 14.8 Å². The molecule has 0 amide bonds. The number of halogens is 1. The van der Waals surface area contributed by atoms with E-state index < -0.39 is 5.82 Å². The number of pyridine rings is 1. The van der Waals surface area contributed by atoms with Crippen molar-refractivity contribution in [3.05, 3.63) is 84.6 Å². The number of hydrogen-bond donors (Lipinski definition) is 2. The number of nitrogens with one attached hydrogen (secondary N) is 2. The van der Waals surface area contributed by atoms with Crippen molar-refractivity contribution in [2.75, 3.05) is 10.0 Å². The van der Waals surface area contributed by atoms with Gasteiger partial charge in [0.05, 0.1) is 11.3 Å². The van der Waals surface area contributed by atoms with Crippen LogP contribution in [0.5, 0.6) is 11.5 Å². The summed E-state index contributed by atoms with van der Waals surface area (Å²) in [5.41, 5.74) is 3.22. The van der Waals surface area contributed by atoms with E-state index in [-0.39, 0.29) is 11.2 Å². The predicted octanol–water partition coefficient (Wildman–Crippen LogP) is 8.63. The minimum Gasteiger partial charge on any atom is -0.453 e. The van der Waals surface area contributed by atoms with Crippen molar-refractivity contribution in [3.8, 4) is 22.8 Å². The van der Waals surface area contributed by atoms with E-state index >= 15 is 4.39 Å². The molecule has 0 atom stereocenters. The Hall–Kier alpha value is -3.65. The van der Waals surface area contributed by atoms with Crippen molar-refractivity contribution in [1.82, 2.24) is 15.0 Å². The Kier molecular flexibility index (Phi) is 8.31. The van der Waals surface area contributed by atoms with E-state index in [2.05, 4.69) is 52.9 Å². The van der Waals surface area contributed by atoms with Crippen LogP contribution in [0.4, 0.5) is 16.0 Å². The van der Waals surface area contributed by atoms with E-state index in [0.29, 0.717) is 34.7 Å². The molecular weight excluding hydrogens is 509 g/mol. The largest absolute Gasteiger partial charge is 0.453 e. The van der Waals surface area contributed by atoms with E-state index in [1.165, 1.54) is 42.8 Å². The summed E-state index contributed by atoms with van der Waals surface area (Å²) in [7, 11) is 0. The Morgan fingerprint density at radius 2 is 1.77 bits per heavy atom. The highest BCUT2D eigenvalue weighted by molar-refractivity contribution is 8.00. The van der Waals surface area contributed by atoms with E-state index in [0.717, 1.165) is 17.7 Å². The maximum atomic E-state index is 15.2. The molecule has 39 heavy (non-hydrogen) atoms. The Bertz CT molecular complexity index is 1420. The topological polar surface area (TPSA) is 72.0 Å². The molecule has 2 heterocycles. The summed E-state index contributed by atoms with van der Waals surface area (Å²) < 4.78 is 24.5. The molecule has 5 rings (SSSR count). The molecule has 0 spiro atoms. The zero-order valence-electron chi connectivity index (χ0n) is 22.6. The number of hydrogen-bond acceptors (Lipinski definition) is 7. The van der Waals surface area contributed by atoms with Gasteiger partial charge in [0.2, 0.25) is 5.95 Å². The summed E-state index contributed by atoms with van der Waals surface area (Å²) in [5, 5.41) is 3.46. The van der Waals surface area contributed by atoms with Gasteiger partial charge in [-0.15, -0.1) is 0 Å². The van der Waals surface area contributed by atoms with Gasteiger partial charge in [-0.2, -0.15) is 0 Å². The molecule has 1 saturated carbocycles. The Labute approximate surface area is 234 Å². The molecule has 8 heteroatoms. The van der Waals surface area contributed by atoms with Gasteiger partial charge in [0.15, 0.2) is 11.6 Å². The molecule has 202 valence electrons. The zero-order chi connectivity index (χ0) is 27.2. The van der Waals surface area contributed by atoms with Crippen molar-refractivity contribution in [2.24, 2.45) is 0 Å². The second-order valence-corrected chi connectivity index (χ2v) is 11.7. The molecule has 1 aliphatic carbocycles. The maximum absolute atomic E-state index is 15.2. The van der Waals surface area contributed by atoms with Crippen molar-refractivity contribution in [1.29, 1.82) is 0 Å². The van der Waals surface area contributed by atoms with Crippen molar-refractivity contribution in [3.63, 3.8) is 0 Å². The van der Waals surface area contributed by atoms with Crippen molar-refractivity contribution >= 4 is 23.6 Å². The van der Waals surface area contributed by atoms with Crippen LogP contribution in [0.3, 0.4) is 0 Å². The molecule has 0 radical (unpaired) electrons. The van der Waals surface area contributed by atoms with Crippen LogP contribution in [-0.4, -0.2) is 21.0 Å². The number of nitrogens with zero attached hydrogens (tertiary/aromatic N) is 3. The average Bonchev–Trinajstić information content (AvgIpc) is 2.94. The van der Waals surface area contributed by atoms with Crippen LogP contribution in [0.2, 0.25) is 0 Å². The number of anilines is 2. The normalized spacial score (nSPS) is 14.2. The van der Waals surface area contributed by atoms with Crippen molar-refractivity contribution < 1.29 is 9.13 Å². The van der Waals surface area contributed by atoms with Crippen LogP contribution >= 0.6 is 11.9 Å².